The summed E-state index contributed by atoms with van der Waals surface area (Å²) < 4.78 is 1.21. The van der Waals surface area contributed by atoms with Crippen molar-refractivity contribution >= 4 is 23.7 Å². The molecule has 0 atom stereocenters. The number of benzene rings is 1. The van der Waals surface area contributed by atoms with E-state index in [9.17, 15) is 19.5 Å². The van der Waals surface area contributed by atoms with Crippen LogP contribution in [-0.4, -0.2) is 26.8 Å². The second-order valence-electron chi connectivity index (χ2n) is 6.69. The number of aromatic nitrogens is 2. The van der Waals surface area contributed by atoms with Gasteiger partial charge in [0.2, 0.25) is 5.88 Å². The lowest BCUT2D eigenvalue weighted by atomic mass is 10.1. The summed E-state index contributed by atoms with van der Waals surface area (Å²) in [5.74, 6) is -1.01. The fourth-order valence-corrected chi connectivity index (χ4v) is 3.61. The standard InChI is InChI=1S/C19H21ClN4O4/c20-15-10-6-5-9-13(15)17(26)23-21-11-14-16(25)22-19(28)24(18(14)27)12-7-3-1-2-4-8-12/h5-6,9-12,27H,1-4,7-8H2,(H,23,26)(H,22,25,28)/b21-11+. The summed E-state index contributed by atoms with van der Waals surface area (Å²) in [6.45, 7) is 0. The molecule has 2 aromatic rings. The monoisotopic (exact) mass is 404 g/mol. The van der Waals surface area contributed by atoms with Crippen LogP contribution in [-0.2, 0) is 0 Å². The van der Waals surface area contributed by atoms with E-state index in [2.05, 4.69) is 15.5 Å². The molecule has 0 aliphatic heterocycles. The molecule has 1 aliphatic carbocycles. The molecule has 3 N–H and O–H groups in total. The summed E-state index contributed by atoms with van der Waals surface area (Å²) in [6.07, 6.45) is 6.59. The minimum atomic E-state index is -0.775. The van der Waals surface area contributed by atoms with Crippen molar-refractivity contribution in [3.63, 3.8) is 0 Å². The van der Waals surface area contributed by atoms with E-state index >= 15 is 0 Å². The van der Waals surface area contributed by atoms with Gasteiger partial charge in [0, 0.05) is 6.04 Å². The van der Waals surface area contributed by atoms with Crippen LogP contribution in [0.15, 0.2) is 39.0 Å². The van der Waals surface area contributed by atoms with Gasteiger partial charge in [-0.1, -0.05) is 49.4 Å². The molecular weight excluding hydrogens is 384 g/mol. The molecule has 1 aromatic carbocycles. The summed E-state index contributed by atoms with van der Waals surface area (Å²) >= 11 is 5.96. The highest BCUT2D eigenvalue weighted by Gasteiger charge is 2.21. The van der Waals surface area contributed by atoms with Crippen molar-refractivity contribution < 1.29 is 9.90 Å². The lowest BCUT2D eigenvalue weighted by molar-refractivity contribution is 0.0955. The van der Waals surface area contributed by atoms with Gasteiger partial charge in [-0.05, 0) is 25.0 Å². The van der Waals surface area contributed by atoms with Crippen LogP contribution in [0.4, 0.5) is 0 Å². The minimum absolute atomic E-state index is 0.184. The number of carbonyl (C=O) groups excluding carboxylic acids is 1. The summed E-state index contributed by atoms with van der Waals surface area (Å²) in [7, 11) is 0. The van der Waals surface area contributed by atoms with E-state index in [1.165, 1.54) is 10.6 Å². The van der Waals surface area contributed by atoms with Crippen LogP contribution >= 0.6 is 11.6 Å². The van der Waals surface area contributed by atoms with Crippen LogP contribution in [0, 0.1) is 0 Å². The average Bonchev–Trinajstić information content (AvgIpc) is 2.93. The number of nitrogens with zero attached hydrogens (tertiary/aromatic N) is 2. The first-order valence-electron chi connectivity index (χ1n) is 9.14. The molecule has 1 saturated carbocycles. The van der Waals surface area contributed by atoms with Crippen molar-refractivity contribution in [2.75, 3.05) is 0 Å². The van der Waals surface area contributed by atoms with Gasteiger partial charge in [0.05, 0.1) is 16.8 Å². The molecule has 1 aliphatic rings. The van der Waals surface area contributed by atoms with Gasteiger partial charge in [0.15, 0.2) is 0 Å². The topological polar surface area (TPSA) is 117 Å². The molecule has 8 nitrogen and oxygen atoms in total. The molecule has 9 heteroatoms. The van der Waals surface area contributed by atoms with Gasteiger partial charge in [-0.3, -0.25) is 19.1 Å². The lowest BCUT2D eigenvalue weighted by Gasteiger charge is -2.19. The Balaban J connectivity index is 1.85. The van der Waals surface area contributed by atoms with Crippen molar-refractivity contribution in [3.8, 4) is 5.88 Å². The first-order chi connectivity index (χ1) is 13.5. The fraction of sp³-hybridized carbons (Fsp3) is 0.368. The van der Waals surface area contributed by atoms with Gasteiger partial charge in [0.1, 0.15) is 5.56 Å². The second kappa shape index (κ2) is 8.88. The van der Waals surface area contributed by atoms with Crippen molar-refractivity contribution in [2.24, 2.45) is 5.10 Å². The highest BCUT2D eigenvalue weighted by Crippen LogP contribution is 2.28. The first-order valence-corrected chi connectivity index (χ1v) is 9.52. The van der Waals surface area contributed by atoms with E-state index in [-0.39, 0.29) is 22.2 Å². The Hall–Kier alpha value is -2.87. The van der Waals surface area contributed by atoms with Gasteiger partial charge in [-0.15, -0.1) is 0 Å². The number of carbonyl (C=O) groups is 1. The molecule has 1 aromatic heterocycles. The molecule has 0 radical (unpaired) electrons. The van der Waals surface area contributed by atoms with Crippen LogP contribution in [0.5, 0.6) is 5.88 Å². The largest absolute Gasteiger partial charge is 0.494 e. The van der Waals surface area contributed by atoms with E-state index in [0.717, 1.165) is 44.7 Å². The number of H-pyrrole nitrogens is 1. The minimum Gasteiger partial charge on any atom is -0.494 e. The summed E-state index contributed by atoms with van der Waals surface area (Å²) in [5.41, 5.74) is 0.873. The zero-order chi connectivity index (χ0) is 20.1. The summed E-state index contributed by atoms with van der Waals surface area (Å²) in [4.78, 5) is 38.7. The van der Waals surface area contributed by atoms with E-state index in [1.54, 1.807) is 18.2 Å². The molecule has 3 rings (SSSR count). The second-order valence-corrected chi connectivity index (χ2v) is 7.10. The molecule has 28 heavy (non-hydrogen) atoms. The number of halogens is 1. The van der Waals surface area contributed by atoms with Crippen molar-refractivity contribution in [3.05, 3.63) is 61.3 Å². The number of amides is 1. The van der Waals surface area contributed by atoms with Crippen LogP contribution in [0.3, 0.4) is 0 Å². The van der Waals surface area contributed by atoms with Crippen LogP contribution in [0.1, 0.15) is 60.5 Å². The average molecular weight is 405 g/mol. The van der Waals surface area contributed by atoms with Gasteiger partial charge in [-0.2, -0.15) is 5.10 Å². The molecule has 0 bridgehead atoms. The van der Waals surface area contributed by atoms with Gasteiger partial charge in [0.25, 0.3) is 11.5 Å². The Bertz CT molecular complexity index is 1000. The normalized spacial score (nSPS) is 15.5. The van der Waals surface area contributed by atoms with Crippen LogP contribution < -0.4 is 16.7 Å². The molecule has 0 saturated heterocycles. The molecule has 0 unspecified atom stereocenters. The van der Waals surface area contributed by atoms with Gasteiger partial charge >= 0.3 is 5.69 Å². The van der Waals surface area contributed by atoms with Crippen molar-refractivity contribution in [1.82, 2.24) is 15.0 Å². The summed E-state index contributed by atoms with van der Waals surface area (Å²) in [6, 6.07) is 6.26. The van der Waals surface area contributed by atoms with E-state index < -0.39 is 23.0 Å². The number of aromatic amines is 1. The SMILES string of the molecule is O=C(N/N=C/c1c(O)n(C2CCCCCC2)c(=O)[nH]c1=O)c1ccccc1Cl. The predicted octanol–water partition coefficient (Wildman–Crippen LogP) is 2.55. The zero-order valence-electron chi connectivity index (χ0n) is 15.2. The number of hydrogen-bond donors (Lipinski definition) is 3. The number of nitrogens with one attached hydrogen (secondary N) is 2. The van der Waals surface area contributed by atoms with Gasteiger partial charge in [-0.25, -0.2) is 10.2 Å². The lowest BCUT2D eigenvalue weighted by Crippen LogP contribution is -2.34. The number of rotatable bonds is 4. The first kappa shape index (κ1) is 19.9. The van der Waals surface area contributed by atoms with E-state index in [1.807, 2.05) is 0 Å². The Morgan fingerprint density at radius 1 is 1.21 bits per heavy atom. The van der Waals surface area contributed by atoms with Gasteiger partial charge < -0.3 is 5.11 Å². The highest BCUT2D eigenvalue weighted by molar-refractivity contribution is 6.33. The Morgan fingerprint density at radius 2 is 1.89 bits per heavy atom. The third kappa shape index (κ3) is 4.33. The molecule has 1 heterocycles. The summed E-state index contributed by atoms with van der Waals surface area (Å²) in [5, 5.41) is 14.5. The third-order valence-electron chi connectivity index (χ3n) is 4.82. The number of hydrogen-bond acceptors (Lipinski definition) is 5. The smallest absolute Gasteiger partial charge is 0.331 e. The van der Waals surface area contributed by atoms with Crippen molar-refractivity contribution in [2.45, 2.75) is 44.6 Å². The molecule has 1 fully saturated rings. The molecule has 1 amide bonds. The van der Waals surface area contributed by atoms with E-state index in [4.69, 9.17) is 11.6 Å². The maximum atomic E-state index is 12.2. The zero-order valence-corrected chi connectivity index (χ0v) is 15.9. The molecular formula is C19H21ClN4O4. The maximum Gasteiger partial charge on any atom is 0.331 e. The van der Waals surface area contributed by atoms with Crippen LogP contribution in [0.2, 0.25) is 5.02 Å². The number of hydrazone groups is 1. The third-order valence-corrected chi connectivity index (χ3v) is 5.15. The Kier molecular flexibility index (Phi) is 6.30. The molecule has 148 valence electrons. The Morgan fingerprint density at radius 3 is 2.57 bits per heavy atom. The molecule has 0 spiro atoms. The van der Waals surface area contributed by atoms with E-state index in [0.29, 0.717) is 0 Å². The predicted molar refractivity (Wildman–Crippen MR) is 106 cm³/mol. The Labute approximate surface area is 165 Å². The van der Waals surface area contributed by atoms with Crippen molar-refractivity contribution in [1.29, 1.82) is 0 Å². The maximum absolute atomic E-state index is 12.2. The van der Waals surface area contributed by atoms with Crippen LogP contribution in [0.25, 0.3) is 0 Å². The quantitative estimate of drug-likeness (QED) is 0.412. The fourth-order valence-electron chi connectivity index (χ4n) is 3.38. The number of aromatic hydroxyl groups is 1. The highest BCUT2D eigenvalue weighted by atomic mass is 35.5.